The molecule has 1 heteroatoms. The molecule has 0 bridgehead atoms. The number of aryl methyl sites for hydroxylation is 1. The molecule has 13 heavy (non-hydrogen) atoms. The van der Waals surface area contributed by atoms with Crippen molar-refractivity contribution in [2.75, 3.05) is 0 Å². The van der Waals surface area contributed by atoms with Gasteiger partial charge in [-0.3, -0.25) is 0 Å². The molecule has 0 saturated carbocycles. The summed E-state index contributed by atoms with van der Waals surface area (Å²) in [5.74, 6) is 0. The second kappa shape index (κ2) is 5.76. The molecule has 0 radical (unpaired) electrons. The Bertz CT molecular complexity index is 225. The van der Waals surface area contributed by atoms with Crippen molar-refractivity contribution in [1.29, 1.82) is 0 Å². The standard InChI is InChI=1S/C11H16O.CH4/c1-3-4-11(12)10-7-5-9(2)6-8-10;/h5-8,11-12H,3-4H2,1-2H3;1H4. The third-order valence-electron chi connectivity index (χ3n) is 2.02. The van der Waals surface area contributed by atoms with Crippen molar-refractivity contribution in [2.45, 2.75) is 40.2 Å². The van der Waals surface area contributed by atoms with Crippen LogP contribution in [0.3, 0.4) is 0 Å². The summed E-state index contributed by atoms with van der Waals surface area (Å²) in [6.45, 7) is 4.13. The first kappa shape index (κ1) is 12.2. The van der Waals surface area contributed by atoms with Crippen molar-refractivity contribution in [3.05, 3.63) is 35.4 Å². The van der Waals surface area contributed by atoms with Crippen LogP contribution in [-0.4, -0.2) is 5.11 Å². The normalized spacial score (nSPS) is 11.9. The highest BCUT2D eigenvalue weighted by Crippen LogP contribution is 2.17. The van der Waals surface area contributed by atoms with Gasteiger partial charge in [-0.15, -0.1) is 0 Å². The highest BCUT2D eigenvalue weighted by molar-refractivity contribution is 5.22. The van der Waals surface area contributed by atoms with E-state index in [0.717, 1.165) is 18.4 Å². The molecule has 1 nitrogen and oxygen atoms in total. The third kappa shape index (κ3) is 3.60. The molecule has 0 aliphatic heterocycles. The van der Waals surface area contributed by atoms with Crippen LogP contribution in [0.1, 0.15) is 44.4 Å². The number of aliphatic hydroxyl groups excluding tert-OH is 1. The van der Waals surface area contributed by atoms with Gasteiger partial charge < -0.3 is 5.11 Å². The Hall–Kier alpha value is -0.820. The third-order valence-corrected chi connectivity index (χ3v) is 2.02. The maximum atomic E-state index is 9.61. The van der Waals surface area contributed by atoms with Crippen molar-refractivity contribution in [3.63, 3.8) is 0 Å². The molecule has 1 aromatic carbocycles. The predicted molar refractivity (Wildman–Crippen MR) is 57.8 cm³/mol. The highest BCUT2D eigenvalue weighted by atomic mass is 16.3. The lowest BCUT2D eigenvalue weighted by atomic mass is 10.0. The Morgan fingerprint density at radius 2 is 1.77 bits per heavy atom. The molecule has 1 aromatic rings. The van der Waals surface area contributed by atoms with Crippen LogP contribution < -0.4 is 0 Å². The zero-order chi connectivity index (χ0) is 8.97. The second-order valence-corrected chi connectivity index (χ2v) is 3.22. The maximum Gasteiger partial charge on any atom is 0.0790 e. The minimum absolute atomic E-state index is 0. The molecule has 0 saturated heterocycles. The lowest BCUT2D eigenvalue weighted by molar-refractivity contribution is 0.166. The molecule has 0 aliphatic carbocycles. The average molecular weight is 180 g/mol. The second-order valence-electron chi connectivity index (χ2n) is 3.22. The first-order chi connectivity index (χ1) is 5.74. The number of hydrogen-bond donors (Lipinski definition) is 1. The van der Waals surface area contributed by atoms with Gasteiger partial charge in [0.1, 0.15) is 0 Å². The van der Waals surface area contributed by atoms with Gasteiger partial charge in [0.2, 0.25) is 0 Å². The fourth-order valence-corrected chi connectivity index (χ4v) is 1.23. The molecule has 0 heterocycles. The van der Waals surface area contributed by atoms with Crippen LogP contribution in [-0.2, 0) is 0 Å². The SMILES string of the molecule is C.CCCC(O)c1ccc(C)cc1. The van der Waals surface area contributed by atoms with Crippen molar-refractivity contribution < 1.29 is 5.11 Å². The Labute approximate surface area is 81.4 Å². The summed E-state index contributed by atoms with van der Waals surface area (Å²) in [6.07, 6.45) is 1.59. The topological polar surface area (TPSA) is 20.2 Å². The monoisotopic (exact) mass is 180 g/mol. The molecular weight excluding hydrogens is 160 g/mol. The van der Waals surface area contributed by atoms with E-state index in [4.69, 9.17) is 0 Å². The molecule has 1 atom stereocenters. The van der Waals surface area contributed by atoms with E-state index in [9.17, 15) is 5.11 Å². The van der Waals surface area contributed by atoms with Gasteiger partial charge in [0.25, 0.3) is 0 Å². The summed E-state index contributed by atoms with van der Waals surface area (Å²) < 4.78 is 0. The molecule has 0 spiro atoms. The number of rotatable bonds is 3. The first-order valence-electron chi connectivity index (χ1n) is 4.48. The molecule has 74 valence electrons. The van der Waals surface area contributed by atoms with E-state index < -0.39 is 0 Å². The van der Waals surface area contributed by atoms with Crippen LogP contribution in [0.2, 0.25) is 0 Å². The molecule has 0 fully saturated rings. The van der Waals surface area contributed by atoms with Crippen molar-refractivity contribution in [1.82, 2.24) is 0 Å². The van der Waals surface area contributed by atoms with Gasteiger partial charge in [-0.05, 0) is 18.9 Å². The molecule has 0 aromatic heterocycles. The van der Waals surface area contributed by atoms with Gasteiger partial charge in [0, 0.05) is 0 Å². The Morgan fingerprint density at radius 3 is 2.23 bits per heavy atom. The van der Waals surface area contributed by atoms with Crippen molar-refractivity contribution in [3.8, 4) is 0 Å². The minimum Gasteiger partial charge on any atom is -0.388 e. The van der Waals surface area contributed by atoms with Gasteiger partial charge in [0.05, 0.1) is 6.10 Å². The lowest BCUT2D eigenvalue weighted by Crippen LogP contribution is -1.95. The van der Waals surface area contributed by atoms with E-state index in [1.165, 1.54) is 5.56 Å². The molecule has 1 N–H and O–H groups in total. The van der Waals surface area contributed by atoms with Gasteiger partial charge in [-0.2, -0.15) is 0 Å². The van der Waals surface area contributed by atoms with E-state index >= 15 is 0 Å². The predicted octanol–water partition coefficient (Wildman–Crippen LogP) is 3.46. The molecule has 0 aliphatic rings. The number of hydrogen-bond acceptors (Lipinski definition) is 1. The zero-order valence-corrected chi connectivity index (χ0v) is 7.75. The van der Waals surface area contributed by atoms with Gasteiger partial charge in [0.15, 0.2) is 0 Å². The van der Waals surface area contributed by atoms with Crippen molar-refractivity contribution in [2.24, 2.45) is 0 Å². The Morgan fingerprint density at radius 1 is 1.23 bits per heavy atom. The van der Waals surface area contributed by atoms with Gasteiger partial charge >= 0.3 is 0 Å². The summed E-state index contributed by atoms with van der Waals surface area (Å²) in [6, 6.07) is 8.06. The Balaban J connectivity index is 0.00000144. The number of benzene rings is 1. The average Bonchev–Trinajstić information content (AvgIpc) is 2.06. The van der Waals surface area contributed by atoms with Gasteiger partial charge in [-0.25, -0.2) is 0 Å². The van der Waals surface area contributed by atoms with Crippen LogP contribution in [0.4, 0.5) is 0 Å². The zero-order valence-electron chi connectivity index (χ0n) is 7.75. The summed E-state index contributed by atoms with van der Waals surface area (Å²) >= 11 is 0. The first-order valence-corrected chi connectivity index (χ1v) is 4.48. The van der Waals surface area contributed by atoms with E-state index in [0.29, 0.717) is 0 Å². The van der Waals surface area contributed by atoms with Crippen LogP contribution in [0.25, 0.3) is 0 Å². The maximum absolute atomic E-state index is 9.61. The smallest absolute Gasteiger partial charge is 0.0790 e. The summed E-state index contributed by atoms with van der Waals surface area (Å²) in [7, 11) is 0. The fourth-order valence-electron chi connectivity index (χ4n) is 1.23. The summed E-state index contributed by atoms with van der Waals surface area (Å²) in [4.78, 5) is 0. The molecule has 1 unspecified atom stereocenters. The van der Waals surface area contributed by atoms with E-state index in [1.54, 1.807) is 0 Å². The van der Waals surface area contributed by atoms with Crippen LogP contribution in [0.5, 0.6) is 0 Å². The number of aliphatic hydroxyl groups is 1. The van der Waals surface area contributed by atoms with E-state index in [-0.39, 0.29) is 13.5 Å². The van der Waals surface area contributed by atoms with E-state index in [1.807, 2.05) is 24.3 Å². The van der Waals surface area contributed by atoms with Gasteiger partial charge in [-0.1, -0.05) is 50.6 Å². The quantitative estimate of drug-likeness (QED) is 0.755. The molecule has 1 rings (SSSR count). The fraction of sp³-hybridized carbons (Fsp3) is 0.500. The minimum atomic E-state index is -0.282. The Kier molecular flexibility index (Phi) is 5.40. The summed E-state index contributed by atoms with van der Waals surface area (Å²) in [5.41, 5.74) is 2.27. The lowest BCUT2D eigenvalue weighted by Gasteiger charge is -2.08. The van der Waals surface area contributed by atoms with E-state index in [2.05, 4.69) is 13.8 Å². The largest absolute Gasteiger partial charge is 0.388 e. The van der Waals surface area contributed by atoms with Crippen LogP contribution in [0, 0.1) is 6.92 Å². The molecular formula is C12H20O. The van der Waals surface area contributed by atoms with Crippen molar-refractivity contribution >= 4 is 0 Å². The van der Waals surface area contributed by atoms with Crippen LogP contribution >= 0.6 is 0 Å². The molecule has 0 amide bonds. The van der Waals surface area contributed by atoms with Crippen LogP contribution in [0.15, 0.2) is 24.3 Å². The summed E-state index contributed by atoms with van der Waals surface area (Å²) in [5, 5.41) is 9.61. The highest BCUT2D eigenvalue weighted by Gasteiger charge is 2.04.